The molecule has 26 heavy (non-hydrogen) atoms. The number of carbonyl (C=O) groups is 1. The van der Waals surface area contributed by atoms with Crippen molar-refractivity contribution in [3.8, 4) is 0 Å². The van der Waals surface area contributed by atoms with Crippen LogP contribution in [0.1, 0.15) is 25.3 Å². The predicted molar refractivity (Wildman–Crippen MR) is 98.5 cm³/mol. The van der Waals surface area contributed by atoms with Crippen LogP contribution in [-0.4, -0.2) is 54.6 Å². The van der Waals surface area contributed by atoms with E-state index in [1.807, 2.05) is 30.9 Å². The summed E-state index contributed by atoms with van der Waals surface area (Å²) in [4.78, 5) is 17.2. The van der Waals surface area contributed by atoms with Gasteiger partial charge in [-0.2, -0.15) is 0 Å². The Hall–Kier alpha value is -2.03. The van der Waals surface area contributed by atoms with Crippen LogP contribution in [0.25, 0.3) is 10.9 Å². The number of benzene rings is 1. The highest BCUT2D eigenvalue weighted by Crippen LogP contribution is 2.28. The molecule has 0 saturated heterocycles. The van der Waals surface area contributed by atoms with Gasteiger partial charge in [0.15, 0.2) is 0 Å². The summed E-state index contributed by atoms with van der Waals surface area (Å²) < 4.78 is 28.3. The summed E-state index contributed by atoms with van der Waals surface area (Å²) in [6, 6.07) is 6.94. The lowest BCUT2D eigenvalue weighted by Crippen LogP contribution is -2.54. The maximum atomic E-state index is 12.8. The molecule has 0 spiro atoms. The Balaban J connectivity index is 1.72. The topological polar surface area (TPSA) is 99.6 Å². The van der Waals surface area contributed by atoms with E-state index < -0.39 is 16.0 Å². The molecule has 0 aliphatic heterocycles. The van der Waals surface area contributed by atoms with Gasteiger partial charge in [-0.1, -0.05) is 19.1 Å². The monoisotopic (exact) mass is 377 g/mol. The number of para-hydroxylation sites is 1. The van der Waals surface area contributed by atoms with Gasteiger partial charge >= 0.3 is 5.97 Å². The van der Waals surface area contributed by atoms with Crippen molar-refractivity contribution in [2.75, 3.05) is 13.1 Å². The largest absolute Gasteiger partial charge is 0.480 e. The maximum absolute atomic E-state index is 12.8. The van der Waals surface area contributed by atoms with Crippen LogP contribution in [0.5, 0.6) is 0 Å². The van der Waals surface area contributed by atoms with E-state index in [1.54, 1.807) is 18.3 Å². The molecule has 0 amide bonds. The summed E-state index contributed by atoms with van der Waals surface area (Å²) in [5.41, 5.74) is 1.43. The fourth-order valence-corrected chi connectivity index (χ4v) is 4.84. The van der Waals surface area contributed by atoms with Crippen molar-refractivity contribution in [2.24, 2.45) is 0 Å². The van der Waals surface area contributed by atoms with Crippen molar-refractivity contribution >= 4 is 26.9 Å². The van der Waals surface area contributed by atoms with Crippen LogP contribution in [0.2, 0.25) is 0 Å². The Bertz CT molecular complexity index is 923. The Morgan fingerprint density at radius 1 is 1.38 bits per heavy atom. The molecule has 2 N–H and O–H groups in total. The van der Waals surface area contributed by atoms with E-state index in [9.17, 15) is 13.2 Å². The molecule has 8 heteroatoms. The first kappa shape index (κ1) is 18.8. The van der Waals surface area contributed by atoms with Crippen molar-refractivity contribution in [3.63, 3.8) is 0 Å². The van der Waals surface area contributed by atoms with Gasteiger partial charge in [-0.25, -0.2) is 13.1 Å². The lowest BCUT2D eigenvalue weighted by Gasteiger charge is -2.42. The van der Waals surface area contributed by atoms with Crippen LogP contribution in [0.3, 0.4) is 0 Å². The maximum Gasteiger partial charge on any atom is 0.317 e. The summed E-state index contributed by atoms with van der Waals surface area (Å²) >= 11 is 0. The molecule has 140 valence electrons. The van der Waals surface area contributed by atoms with Crippen LogP contribution < -0.4 is 4.72 Å². The molecule has 0 bridgehead atoms. The number of carboxylic acid groups (broad SMARTS) is 1. The molecule has 1 aliphatic rings. The highest BCUT2D eigenvalue weighted by molar-refractivity contribution is 7.89. The Morgan fingerprint density at radius 3 is 2.77 bits per heavy atom. The fraction of sp³-hybridized carbons (Fsp3) is 0.444. The van der Waals surface area contributed by atoms with Crippen molar-refractivity contribution in [3.05, 3.63) is 36.0 Å². The van der Waals surface area contributed by atoms with Gasteiger partial charge in [-0.15, -0.1) is 0 Å². The van der Waals surface area contributed by atoms with Crippen molar-refractivity contribution in [1.29, 1.82) is 0 Å². The van der Waals surface area contributed by atoms with Crippen LogP contribution in [0.15, 0.2) is 35.4 Å². The molecular formula is C18H23N3O4S. The third-order valence-corrected chi connectivity index (χ3v) is 6.35. The average Bonchev–Trinajstić information content (AvgIpc) is 2.55. The number of aryl methyl sites for hydroxylation is 1. The first-order chi connectivity index (χ1) is 12.3. The van der Waals surface area contributed by atoms with Gasteiger partial charge in [0.25, 0.3) is 0 Å². The van der Waals surface area contributed by atoms with Crippen LogP contribution in [0, 0.1) is 6.92 Å². The number of aliphatic carboxylic acids is 1. The standard InChI is InChI=1S/C18H23N3O4S/c1-3-21(11-17(22)23)15-8-14(9-15)20-26(24,25)16-6-4-5-13-7-12(2)10-19-18(13)16/h4-7,10,14-15,20H,3,8-9,11H2,1-2H3,(H,22,23). The molecule has 0 atom stereocenters. The molecule has 0 unspecified atom stereocenters. The van der Waals surface area contributed by atoms with Crippen molar-refractivity contribution in [1.82, 2.24) is 14.6 Å². The Labute approximate surface area is 153 Å². The Kier molecular flexibility index (Phi) is 5.27. The van der Waals surface area contributed by atoms with Gasteiger partial charge < -0.3 is 5.11 Å². The quantitative estimate of drug-likeness (QED) is 0.763. The third-order valence-electron chi connectivity index (χ3n) is 4.80. The number of carboxylic acids is 1. The molecule has 0 radical (unpaired) electrons. The summed E-state index contributed by atoms with van der Waals surface area (Å²) in [6.07, 6.45) is 2.88. The molecule has 1 saturated carbocycles. The van der Waals surface area contributed by atoms with Gasteiger partial charge in [0, 0.05) is 23.7 Å². The molecular weight excluding hydrogens is 354 g/mol. The molecule has 7 nitrogen and oxygen atoms in total. The average molecular weight is 377 g/mol. The SMILES string of the molecule is CCN(CC(=O)O)C1CC(NS(=O)(=O)c2cccc3cc(C)cnc23)C1. The summed E-state index contributed by atoms with van der Waals surface area (Å²) in [7, 11) is -3.69. The number of likely N-dealkylation sites (N-methyl/N-ethyl adjacent to an activating group) is 1. The minimum Gasteiger partial charge on any atom is -0.480 e. The second-order valence-corrected chi connectivity index (χ2v) is 8.42. The number of hydrogen-bond donors (Lipinski definition) is 2. The lowest BCUT2D eigenvalue weighted by atomic mass is 9.86. The molecule has 3 rings (SSSR count). The first-order valence-electron chi connectivity index (χ1n) is 8.63. The van der Waals surface area contributed by atoms with Crippen LogP contribution in [-0.2, 0) is 14.8 Å². The minimum atomic E-state index is -3.69. The highest BCUT2D eigenvalue weighted by Gasteiger charge is 2.36. The van der Waals surface area contributed by atoms with Gasteiger partial charge in [-0.3, -0.25) is 14.7 Å². The number of sulfonamides is 1. The lowest BCUT2D eigenvalue weighted by molar-refractivity contribution is -0.139. The number of nitrogens with one attached hydrogen (secondary N) is 1. The normalized spacial score (nSPS) is 20.3. The van der Waals surface area contributed by atoms with E-state index >= 15 is 0 Å². The molecule has 2 aromatic rings. The number of rotatable bonds is 7. The second kappa shape index (κ2) is 7.30. The first-order valence-corrected chi connectivity index (χ1v) is 10.1. The number of pyridine rings is 1. The summed E-state index contributed by atoms with van der Waals surface area (Å²) in [6.45, 7) is 4.43. The zero-order chi connectivity index (χ0) is 18.9. The predicted octanol–water partition coefficient (Wildman–Crippen LogP) is 1.76. The van der Waals surface area contributed by atoms with Crippen LogP contribution in [0.4, 0.5) is 0 Å². The van der Waals surface area contributed by atoms with E-state index in [0.29, 0.717) is 24.9 Å². The number of nitrogens with zero attached hydrogens (tertiary/aromatic N) is 2. The molecule has 1 heterocycles. The van der Waals surface area contributed by atoms with Crippen LogP contribution >= 0.6 is 0 Å². The second-order valence-electron chi connectivity index (χ2n) is 6.74. The number of fused-ring (bicyclic) bond motifs is 1. The van der Waals surface area contributed by atoms with E-state index in [-0.39, 0.29) is 23.5 Å². The molecule has 1 aliphatic carbocycles. The van der Waals surface area contributed by atoms with Gasteiger partial charge in [0.1, 0.15) is 4.90 Å². The van der Waals surface area contributed by atoms with E-state index in [1.165, 1.54) is 0 Å². The molecule has 1 fully saturated rings. The van der Waals surface area contributed by atoms with E-state index in [2.05, 4.69) is 9.71 Å². The summed E-state index contributed by atoms with van der Waals surface area (Å²) in [5, 5.41) is 9.73. The van der Waals surface area contributed by atoms with Crippen molar-refractivity contribution < 1.29 is 18.3 Å². The van der Waals surface area contributed by atoms with Gasteiger partial charge in [-0.05, 0) is 44.0 Å². The molecule has 1 aromatic heterocycles. The van der Waals surface area contributed by atoms with Gasteiger partial charge in [0.05, 0.1) is 12.1 Å². The summed E-state index contributed by atoms with van der Waals surface area (Å²) in [5.74, 6) is -0.868. The Morgan fingerprint density at radius 2 is 2.12 bits per heavy atom. The number of aromatic nitrogens is 1. The van der Waals surface area contributed by atoms with E-state index in [0.717, 1.165) is 10.9 Å². The van der Waals surface area contributed by atoms with E-state index in [4.69, 9.17) is 5.11 Å². The minimum absolute atomic E-state index is 0.0206. The highest BCUT2D eigenvalue weighted by atomic mass is 32.2. The number of hydrogen-bond acceptors (Lipinski definition) is 5. The zero-order valence-corrected chi connectivity index (χ0v) is 15.7. The van der Waals surface area contributed by atoms with Gasteiger partial charge in [0.2, 0.25) is 10.0 Å². The molecule has 1 aromatic carbocycles. The smallest absolute Gasteiger partial charge is 0.317 e. The zero-order valence-electron chi connectivity index (χ0n) is 14.8. The third kappa shape index (κ3) is 3.87. The fourth-order valence-electron chi connectivity index (χ4n) is 3.40. The van der Waals surface area contributed by atoms with Crippen molar-refractivity contribution in [2.45, 2.75) is 43.7 Å².